The number of quaternary nitrogens is 3. The summed E-state index contributed by atoms with van der Waals surface area (Å²) < 4.78 is 34.6. The first-order valence-electron chi connectivity index (χ1n) is 39.1. The topological polar surface area (TPSA) is 176 Å². The standard InChI is InChI=1S/C19H35NO5.3C19H42N.CH4O4S/c1-2-3-4-5-6-7-8-9-10-11-12-13-17(21)20-16(19(24)25)14-15-18(22)23;3*1-5-7-8-9-10-11-12-13-14-15-16-17-18-19-20(3,4)6-2;1-5-6(2,3)4/h16H,2-15H2,1H3,(H,20,21)(H,22,23)(H,24,25);3*5-19H2,1-4H3;1H3,(H,2,3,4)/q;3*+1;/p-3/t16-;;;;/m0..../s1. The molecule has 1 N–H and O–H groups in total. The second-order valence-corrected chi connectivity index (χ2v) is 30.0. The van der Waals surface area contributed by atoms with Crippen LogP contribution in [0.1, 0.15) is 389 Å². The monoisotopic (exact) mass is 1320 g/mol. The molecule has 0 saturated carbocycles. The van der Waals surface area contributed by atoms with Crippen molar-refractivity contribution >= 4 is 28.2 Å². The average Bonchev–Trinajstić information content (AvgIpc) is 3.74. The Morgan fingerprint density at radius 1 is 0.341 bits per heavy atom. The first-order valence-corrected chi connectivity index (χ1v) is 40.4. The predicted octanol–water partition coefficient (Wildman–Crippen LogP) is 19.1. The summed E-state index contributed by atoms with van der Waals surface area (Å²) >= 11 is 0. The quantitative estimate of drug-likeness (QED) is 0.0269. The molecule has 0 bridgehead atoms. The van der Waals surface area contributed by atoms with Crippen LogP contribution in [0.25, 0.3) is 0 Å². The van der Waals surface area contributed by atoms with Gasteiger partial charge in [-0.05, 0) is 78.6 Å². The molecule has 0 unspecified atom stereocenters. The van der Waals surface area contributed by atoms with Gasteiger partial charge in [0.25, 0.3) is 0 Å². The lowest BCUT2D eigenvalue weighted by molar-refractivity contribution is -0.888. The third-order valence-corrected chi connectivity index (χ3v) is 19.0. The van der Waals surface area contributed by atoms with Crippen LogP contribution in [0.2, 0.25) is 0 Å². The minimum absolute atomic E-state index is 0.214. The molecular weight excluding hydrogens is 1160 g/mol. The molecule has 0 aromatic carbocycles. The minimum atomic E-state index is -4.41. The van der Waals surface area contributed by atoms with Crippen LogP contribution in [0, 0.1) is 0 Å². The molecule has 0 fully saturated rings. The molecule has 1 atom stereocenters. The van der Waals surface area contributed by atoms with Gasteiger partial charge in [-0.3, -0.25) is 8.98 Å². The maximum atomic E-state index is 11.7. The van der Waals surface area contributed by atoms with Crippen LogP contribution >= 0.6 is 0 Å². The van der Waals surface area contributed by atoms with Crippen molar-refractivity contribution in [1.29, 1.82) is 0 Å². The Hall–Kier alpha value is -1.84. The van der Waals surface area contributed by atoms with Crippen LogP contribution in [0.5, 0.6) is 0 Å². The van der Waals surface area contributed by atoms with Gasteiger partial charge < -0.3 is 43.1 Å². The number of rotatable bonds is 63. The van der Waals surface area contributed by atoms with Crippen molar-refractivity contribution in [3.05, 3.63) is 0 Å². The fourth-order valence-electron chi connectivity index (χ4n) is 10.9. The van der Waals surface area contributed by atoms with E-state index < -0.39 is 34.8 Å². The Morgan fingerprint density at radius 2 is 0.527 bits per heavy atom. The third-order valence-electron chi connectivity index (χ3n) is 18.6. The van der Waals surface area contributed by atoms with Crippen LogP contribution in [0.4, 0.5) is 0 Å². The Morgan fingerprint density at radius 3 is 0.692 bits per heavy atom. The molecule has 0 saturated heterocycles. The van der Waals surface area contributed by atoms with E-state index in [4.69, 9.17) is 0 Å². The molecular formula is C77H162N4O9S. The zero-order valence-electron chi connectivity index (χ0n) is 63.7. The lowest BCUT2D eigenvalue weighted by Crippen LogP contribution is -2.48. The van der Waals surface area contributed by atoms with E-state index in [1.54, 1.807) is 0 Å². The summed E-state index contributed by atoms with van der Waals surface area (Å²) in [5.41, 5.74) is 0. The van der Waals surface area contributed by atoms with E-state index in [2.05, 4.69) is 100 Å². The number of hydrogen-bond acceptors (Lipinski definition) is 9. The Bertz CT molecular complexity index is 1500. The largest absolute Gasteiger partial charge is 0.726 e. The first-order chi connectivity index (χ1) is 43.4. The highest BCUT2D eigenvalue weighted by atomic mass is 32.3. The van der Waals surface area contributed by atoms with E-state index in [1.807, 2.05) is 0 Å². The summed E-state index contributed by atoms with van der Waals surface area (Å²) in [5, 5.41) is 23.5. The first kappa shape index (κ1) is 97.8. The molecule has 0 aliphatic rings. The highest BCUT2D eigenvalue weighted by Gasteiger charge is 2.15. The summed E-state index contributed by atoms with van der Waals surface area (Å²) in [6.45, 7) is 23.8. The number of amides is 1. The SMILES string of the molecule is CCCCCCCCCCCCCC(=O)N[C@@H](CCC(=O)[O-])C(=O)[O-].CCCCCCCCCCCCCCC[N+](C)(C)CC.CCCCCCCCCCCCCCC[N+](C)(C)CC.CCCCCCCCCCCCCCC[N+](C)(C)CC.COS(=O)(=O)[O-]. The molecule has 0 radical (unpaired) electrons. The molecule has 13 nitrogen and oxygen atoms in total. The van der Waals surface area contributed by atoms with Crippen LogP contribution in [-0.2, 0) is 29.0 Å². The fourth-order valence-corrected chi connectivity index (χ4v) is 10.9. The van der Waals surface area contributed by atoms with Gasteiger partial charge in [0.1, 0.15) is 0 Å². The molecule has 91 heavy (non-hydrogen) atoms. The van der Waals surface area contributed by atoms with E-state index >= 15 is 0 Å². The second kappa shape index (κ2) is 74.0. The maximum absolute atomic E-state index is 11.7. The van der Waals surface area contributed by atoms with Gasteiger partial charge in [0.05, 0.1) is 101 Å². The number of carboxylic acid groups (broad SMARTS) is 2. The van der Waals surface area contributed by atoms with E-state index in [0.717, 1.165) is 20.0 Å². The molecule has 0 aromatic heterocycles. The molecule has 0 aliphatic heterocycles. The zero-order chi connectivity index (χ0) is 69.4. The van der Waals surface area contributed by atoms with Crippen LogP contribution in [0.15, 0.2) is 0 Å². The van der Waals surface area contributed by atoms with E-state index in [-0.39, 0.29) is 18.7 Å². The third kappa shape index (κ3) is 92.4. The van der Waals surface area contributed by atoms with Crippen LogP contribution < -0.4 is 15.5 Å². The fraction of sp³-hybridized carbons (Fsp3) is 0.961. The maximum Gasteiger partial charge on any atom is 0.220 e. The molecule has 0 heterocycles. The van der Waals surface area contributed by atoms with Gasteiger partial charge in [0, 0.05) is 12.4 Å². The van der Waals surface area contributed by atoms with Gasteiger partial charge in [-0.15, -0.1) is 0 Å². The number of aliphatic carboxylic acids is 2. The van der Waals surface area contributed by atoms with Crippen LogP contribution in [0.3, 0.4) is 0 Å². The van der Waals surface area contributed by atoms with Crippen LogP contribution in [-0.4, -0.2) is 139 Å². The van der Waals surface area contributed by atoms with Crippen molar-refractivity contribution in [2.24, 2.45) is 0 Å². The van der Waals surface area contributed by atoms with Crippen molar-refractivity contribution in [3.63, 3.8) is 0 Å². The number of carboxylic acids is 2. The Labute approximate surface area is 569 Å². The van der Waals surface area contributed by atoms with Crippen molar-refractivity contribution < 1.29 is 55.2 Å². The summed E-state index contributed by atoms with van der Waals surface area (Å²) in [6.07, 6.45) is 69.3. The van der Waals surface area contributed by atoms with Gasteiger partial charge in [-0.1, -0.05) is 304 Å². The zero-order valence-corrected chi connectivity index (χ0v) is 64.5. The molecule has 14 heteroatoms. The smallest absolute Gasteiger partial charge is 0.220 e. The van der Waals surface area contributed by atoms with Crippen molar-refractivity contribution in [2.75, 3.05) is 88.7 Å². The number of nitrogens with one attached hydrogen (secondary N) is 1. The highest BCUT2D eigenvalue weighted by molar-refractivity contribution is 7.80. The van der Waals surface area contributed by atoms with Gasteiger partial charge in [0.2, 0.25) is 16.3 Å². The van der Waals surface area contributed by atoms with Gasteiger partial charge in [-0.25, -0.2) is 8.42 Å². The highest BCUT2D eigenvalue weighted by Crippen LogP contribution is 2.17. The second-order valence-electron chi connectivity index (χ2n) is 28.9. The van der Waals surface area contributed by atoms with Crippen molar-refractivity contribution in [2.45, 2.75) is 395 Å². The Kier molecular flexibility index (Phi) is 79.5. The van der Waals surface area contributed by atoms with Crippen molar-refractivity contribution in [3.8, 4) is 0 Å². The summed E-state index contributed by atoms with van der Waals surface area (Å²) in [4.78, 5) is 32.9. The lowest BCUT2D eigenvalue weighted by atomic mass is 10.0. The summed E-state index contributed by atoms with van der Waals surface area (Å²) in [7, 11) is 10.5. The summed E-state index contributed by atoms with van der Waals surface area (Å²) in [6, 6.07) is -1.27. The average molecular weight is 1320 g/mol. The minimum Gasteiger partial charge on any atom is -0.726 e. The molecule has 0 spiro atoms. The van der Waals surface area contributed by atoms with Crippen molar-refractivity contribution in [1.82, 2.24) is 5.32 Å². The summed E-state index contributed by atoms with van der Waals surface area (Å²) in [5.74, 6) is -3.18. The number of unbranched alkanes of at least 4 members (excludes halogenated alkanes) is 46. The molecule has 0 rings (SSSR count). The lowest BCUT2D eigenvalue weighted by Gasteiger charge is -2.28. The van der Waals surface area contributed by atoms with E-state index in [0.29, 0.717) is 6.42 Å². The van der Waals surface area contributed by atoms with Gasteiger partial charge in [0.15, 0.2) is 0 Å². The normalized spacial score (nSPS) is 11.9. The molecule has 1 amide bonds. The number of carbonyl (C=O) groups excluding carboxylic acids is 3. The predicted molar refractivity (Wildman–Crippen MR) is 389 cm³/mol. The van der Waals surface area contributed by atoms with Gasteiger partial charge >= 0.3 is 0 Å². The number of carbonyl (C=O) groups is 3. The van der Waals surface area contributed by atoms with Gasteiger partial charge in [-0.2, -0.15) is 0 Å². The molecule has 0 aliphatic carbocycles. The van der Waals surface area contributed by atoms with E-state index in [9.17, 15) is 37.6 Å². The number of nitrogens with zero attached hydrogens (tertiary/aromatic N) is 3. The van der Waals surface area contributed by atoms with E-state index in [1.165, 1.54) is 354 Å². The number of hydrogen-bond donors (Lipinski definition) is 1. The molecule has 550 valence electrons. The Balaban J connectivity index is -0.000000351. The molecule has 0 aromatic rings.